The van der Waals surface area contributed by atoms with Crippen LogP contribution in [0.15, 0.2) is 42.5 Å². The van der Waals surface area contributed by atoms with Crippen LogP contribution in [0.1, 0.15) is 36.5 Å². The number of aromatic hydroxyl groups is 4. The molecule has 0 radical (unpaired) electrons. The van der Waals surface area contributed by atoms with Gasteiger partial charge < -0.3 is 50.0 Å². The third kappa shape index (κ3) is 6.96. The molecule has 0 amide bonds. The molecule has 0 bridgehead atoms. The fourth-order valence-corrected chi connectivity index (χ4v) is 4.13. The van der Waals surface area contributed by atoms with E-state index >= 15 is 0 Å². The van der Waals surface area contributed by atoms with Gasteiger partial charge in [-0.1, -0.05) is 12.1 Å². The van der Waals surface area contributed by atoms with Crippen molar-refractivity contribution in [2.24, 2.45) is 0 Å². The molecule has 0 aliphatic heterocycles. The number of carboxylic acids is 1. The van der Waals surface area contributed by atoms with E-state index in [1.54, 1.807) is 0 Å². The Hall–Kier alpha value is -4.33. The zero-order chi connectivity index (χ0) is 28.9. The molecule has 1 aliphatic rings. The van der Waals surface area contributed by atoms with Gasteiger partial charge in [-0.15, -0.1) is 0 Å². The van der Waals surface area contributed by atoms with Crippen LogP contribution in [0.2, 0.25) is 0 Å². The maximum Gasteiger partial charge on any atom is 0.348 e. The van der Waals surface area contributed by atoms with E-state index in [4.69, 9.17) is 14.2 Å². The number of esters is 2. The van der Waals surface area contributed by atoms with Crippen molar-refractivity contribution in [2.75, 3.05) is 7.11 Å². The number of methoxy groups -OCH3 is 1. The number of phenolic OH excluding ortho intramolecular Hbond substituents is 4. The number of carboxylic acid groups (broad SMARTS) is 1. The van der Waals surface area contributed by atoms with Gasteiger partial charge in [0.15, 0.2) is 23.0 Å². The average Bonchev–Trinajstić information content (AvgIpc) is 2.87. The summed E-state index contributed by atoms with van der Waals surface area (Å²) >= 11 is 0. The van der Waals surface area contributed by atoms with Crippen molar-refractivity contribution >= 4 is 24.0 Å². The van der Waals surface area contributed by atoms with Crippen LogP contribution in [0.4, 0.5) is 0 Å². The van der Waals surface area contributed by atoms with Gasteiger partial charge in [0.05, 0.1) is 18.6 Å². The Labute approximate surface area is 221 Å². The number of aliphatic hydroxyl groups excluding tert-OH is 2. The Morgan fingerprint density at radius 1 is 0.974 bits per heavy atom. The monoisotopic (exact) mass is 548 g/mol. The molecule has 3 rings (SSSR count). The molecule has 0 unspecified atom stereocenters. The van der Waals surface area contributed by atoms with E-state index in [0.717, 1.165) is 12.1 Å². The third-order valence-corrected chi connectivity index (χ3v) is 6.23. The van der Waals surface area contributed by atoms with Gasteiger partial charge in [-0.2, -0.15) is 0 Å². The van der Waals surface area contributed by atoms with Crippen molar-refractivity contribution in [2.45, 2.75) is 49.3 Å². The molecule has 13 nitrogen and oxygen atoms in total. The van der Waals surface area contributed by atoms with E-state index < -0.39 is 84.4 Å². The van der Waals surface area contributed by atoms with Crippen molar-refractivity contribution in [3.8, 4) is 23.0 Å². The minimum atomic E-state index is -2.36. The summed E-state index contributed by atoms with van der Waals surface area (Å²) < 4.78 is 15.7. The predicted octanol–water partition coefficient (Wildman–Crippen LogP) is 1.09. The second kappa shape index (κ2) is 12.0. The number of hydrogen-bond donors (Lipinski definition) is 7. The molecule has 5 atom stereocenters. The lowest BCUT2D eigenvalue weighted by Gasteiger charge is -2.41. The standard InChI is InChI=1S/C26H28O13/c1-37-20(14-4-6-16(28)18(30)9-14)10-23(33)39-26(25(35)36)11-19(31)24(34)21(12-26)38-22(32)7-3-13-2-5-15(27)17(29)8-13/h2-9,19-21,24,27-31,34H,10-12H2,1H3,(H,35,36)/t19-,20-,21-,24-,26+/m1/s1. The smallest absolute Gasteiger partial charge is 0.348 e. The Morgan fingerprint density at radius 2 is 1.62 bits per heavy atom. The summed E-state index contributed by atoms with van der Waals surface area (Å²) in [7, 11) is 1.26. The Morgan fingerprint density at radius 3 is 2.21 bits per heavy atom. The summed E-state index contributed by atoms with van der Waals surface area (Å²) in [4.78, 5) is 37.3. The molecular weight excluding hydrogens is 520 g/mol. The quantitative estimate of drug-likeness (QED) is 0.133. The largest absolute Gasteiger partial charge is 0.504 e. The fourth-order valence-electron chi connectivity index (χ4n) is 4.13. The van der Waals surface area contributed by atoms with E-state index in [2.05, 4.69) is 0 Å². The highest BCUT2D eigenvalue weighted by atomic mass is 16.6. The minimum Gasteiger partial charge on any atom is -0.504 e. The number of rotatable bonds is 9. The highest BCUT2D eigenvalue weighted by Gasteiger charge is 2.54. The molecule has 13 heteroatoms. The topological polar surface area (TPSA) is 221 Å². The molecule has 1 fully saturated rings. The van der Waals surface area contributed by atoms with Crippen LogP contribution in [-0.4, -0.2) is 84.7 Å². The van der Waals surface area contributed by atoms with Gasteiger partial charge >= 0.3 is 17.9 Å². The molecule has 7 N–H and O–H groups in total. The van der Waals surface area contributed by atoms with Crippen molar-refractivity contribution in [3.05, 3.63) is 53.6 Å². The summed E-state index contributed by atoms with van der Waals surface area (Å²) in [5.41, 5.74) is -1.76. The highest BCUT2D eigenvalue weighted by Crippen LogP contribution is 2.36. The Balaban J connectivity index is 1.73. The first kappa shape index (κ1) is 29.2. The molecule has 0 saturated heterocycles. The minimum absolute atomic E-state index is 0.286. The van der Waals surface area contributed by atoms with Gasteiger partial charge in [0.25, 0.3) is 0 Å². The zero-order valence-corrected chi connectivity index (χ0v) is 20.6. The maximum absolute atomic E-state index is 12.8. The number of benzene rings is 2. The Bertz CT molecular complexity index is 1260. The van der Waals surface area contributed by atoms with Gasteiger partial charge in [-0.25, -0.2) is 9.59 Å². The average molecular weight is 548 g/mol. The maximum atomic E-state index is 12.8. The number of carbonyl (C=O) groups excluding carboxylic acids is 2. The van der Waals surface area contributed by atoms with Crippen LogP contribution in [0, 0.1) is 0 Å². The number of aliphatic hydroxyl groups is 2. The molecule has 0 heterocycles. The second-order valence-corrected chi connectivity index (χ2v) is 8.97. The summed E-state index contributed by atoms with van der Waals surface area (Å²) in [5, 5.41) is 68.7. The molecule has 39 heavy (non-hydrogen) atoms. The summed E-state index contributed by atoms with van der Waals surface area (Å²) in [6.45, 7) is 0. The van der Waals surface area contributed by atoms with Crippen LogP contribution in [-0.2, 0) is 28.6 Å². The normalized spacial score (nSPS) is 23.7. The van der Waals surface area contributed by atoms with E-state index in [0.29, 0.717) is 5.56 Å². The Kier molecular flexibility index (Phi) is 9.01. The van der Waals surface area contributed by atoms with Crippen LogP contribution in [0.25, 0.3) is 6.08 Å². The van der Waals surface area contributed by atoms with Crippen LogP contribution >= 0.6 is 0 Å². The van der Waals surface area contributed by atoms with Crippen LogP contribution in [0.3, 0.4) is 0 Å². The SMILES string of the molecule is CO[C@H](CC(=O)O[C@@]1(C(=O)O)C[C@@H](O)[C@@H](O)[C@H](OC(=O)C=Cc2ccc(O)c(O)c2)C1)c1ccc(O)c(O)c1. The molecule has 1 aliphatic carbocycles. The lowest BCUT2D eigenvalue weighted by molar-refractivity contribution is -0.210. The molecule has 210 valence electrons. The van der Waals surface area contributed by atoms with Gasteiger partial charge in [0, 0.05) is 26.0 Å². The number of phenols is 4. The number of hydrogen-bond acceptors (Lipinski definition) is 12. The number of aliphatic carboxylic acids is 1. The summed E-state index contributed by atoms with van der Waals surface area (Å²) in [5.74, 6) is -5.39. The first-order valence-corrected chi connectivity index (χ1v) is 11.6. The van der Waals surface area contributed by atoms with E-state index in [1.807, 2.05) is 0 Å². The van der Waals surface area contributed by atoms with E-state index in [-0.39, 0.29) is 11.3 Å². The van der Waals surface area contributed by atoms with Gasteiger partial charge in [-0.05, 0) is 41.5 Å². The molecule has 2 aromatic carbocycles. The summed E-state index contributed by atoms with van der Waals surface area (Å²) in [6, 6.07) is 7.46. The first-order valence-electron chi connectivity index (χ1n) is 11.6. The second-order valence-electron chi connectivity index (χ2n) is 8.97. The lowest BCUT2D eigenvalue weighted by Crippen LogP contribution is -2.59. The fraction of sp³-hybridized carbons (Fsp3) is 0.346. The molecular formula is C26H28O13. The van der Waals surface area contributed by atoms with Crippen LogP contribution in [0.5, 0.6) is 23.0 Å². The van der Waals surface area contributed by atoms with Crippen molar-refractivity contribution in [1.29, 1.82) is 0 Å². The first-order chi connectivity index (χ1) is 18.3. The number of ether oxygens (including phenoxy) is 3. The number of carbonyl (C=O) groups is 3. The van der Waals surface area contributed by atoms with Crippen molar-refractivity contribution in [1.82, 2.24) is 0 Å². The van der Waals surface area contributed by atoms with Gasteiger partial charge in [0.2, 0.25) is 5.60 Å². The van der Waals surface area contributed by atoms with Gasteiger partial charge in [0.1, 0.15) is 12.2 Å². The lowest BCUT2D eigenvalue weighted by atomic mass is 9.79. The molecule has 1 saturated carbocycles. The van der Waals surface area contributed by atoms with Crippen molar-refractivity contribution < 1.29 is 64.3 Å². The third-order valence-electron chi connectivity index (χ3n) is 6.23. The van der Waals surface area contributed by atoms with Gasteiger partial charge in [-0.3, -0.25) is 4.79 Å². The van der Waals surface area contributed by atoms with Crippen LogP contribution < -0.4 is 0 Å². The summed E-state index contributed by atoms with van der Waals surface area (Å²) in [6.07, 6.45) is -5.71. The molecule has 2 aromatic rings. The van der Waals surface area contributed by atoms with E-state index in [9.17, 15) is 50.1 Å². The molecule has 0 aromatic heterocycles. The van der Waals surface area contributed by atoms with Crippen molar-refractivity contribution in [3.63, 3.8) is 0 Å². The highest BCUT2D eigenvalue weighted by molar-refractivity contribution is 5.87. The predicted molar refractivity (Wildman–Crippen MR) is 131 cm³/mol. The van der Waals surface area contributed by atoms with E-state index in [1.165, 1.54) is 43.5 Å². The zero-order valence-electron chi connectivity index (χ0n) is 20.6. The molecule has 0 spiro atoms.